The van der Waals surface area contributed by atoms with Crippen molar-refractivity contribution in [3.63, 3.8) is 0 Å². The Morgan fingerprint density at radius 2 is 2.07 bits per heavy atom. The van der Waals surface area contributed by atoms with Crippen LogP contribution >= 0.6 is 0 Å². The van der Waals surface area contributed by atoms with Gasteiger partial charge in [-0.2, -0.15) is 9.97 Å². The molecule has 4 aliphatic heterocycles. The molecule has 5 heterocycles. The van der Waals surface area contributed by atoms with Crippen LogP contribution in [0.15, 0.2) is 42.5 Å². The highest BCUT2D eigenvalue weighted by molar-refractivity contribution is 6.04. The molecule has 9 heteroatoms. The third-order valence-electron chi connectivity index (χ3n) is 9.73. The molecule has 4 saturated heterocycles. The van der Waals surface area contributed by atoms with Crippen molar-refractivity contribution in [2.24, 2.45) is 0 Å². The van der Waals surface area contributed by atoms with Gasteiger partial charge in [-0.05, 0) is 61.0 Å². The van der Waals surface area contributed by atoms with E-state index in [0.29, 0.717) is 46.7 Å². The quantitative estimate of drug-likeness (QED) is 0.336. The minimum atomic E-state index is -0.875. The number of terminal acetylenes is 1. The average Bonchev–Trinajstić information content (AvgIpc) is 3.77. The van der Waals surface area contributed by atoms with Crippen LogP contribution in [-0.2, 0) is 0 Å². The van der Waals surface area contributed by atoms with Crippen LogP contribution in [0, 0.1) is 18.2 Å². The predicted molar refractivity (Wildman–Crippen MR) is 158 cm³/mol. The van der Waals surface area contributed by atoms with Crippen LogP contribution in [0.25, 0.3) is 32.8 Å². The Bertz CT molecular complexity index is 1790. The minimum Gasteiger partial charge on any atom is -0.508 e. The highest BCUT2D eigenvalue weighted by Crippen LogP contribution is 2.42. The molecule has 3 aromatic carbocycles. The molecule has 2 bridgehead atoms. The van der Waals surface area contributed by atoms with Crippen molar-refractivity contribution < 1.29 is 18.6 Å². The van der Waals surface area contributed by atoms with Gasteiger partial charge in [0.15, 0.2) is 5.82 Å². The lowest BCUT2D eigenvalue weighted by molar-refractivity contribution is 0.107. The second-order valence-corrected chi connectivity index (χ2v) is 12.2. The maximum Gasteiger partial charge on any atom is 0.319 e. The molecule has 7 nitrogen and oxygen atoms in total. The normalized spacial score (nSPS) is 26.8. The average molecular weight is 568 g/mol. The van der Waals surface area contributed by atoms with Crippen LogP contribution in [-0.4, -0.2) is 76.6 Å². The van der Waals surface area contributed by atoms with Gasteiger partial charge in [-0.1, -0.05) is 24.1 Å². The number of halogens is 2. The number of piperazine rings is 1. The number of hydrogen-bond acceptors (Lipinski definition) is 7. The van der Waals surface area contributed by atoms with Crippen molar-refractivity contribution >= 4 is 27.5 Å². The Labute approximate surface area is 242 Å². The van der Waals surface area contributed by atoms with Crippen LogP contribution in [0.4, 0.5) is 14.6 Å². The molecule has 42 heavy (non-hydrogen) atoms. The lowest BCUT2D eigenvalue weighted by atomic mass is 9.93. The maximum absolute atomic E-state index is 16.7. The number of phenolic OH excluding ortho intramolecular Hbond substituents is 1. The number of hydrogen-bond donors (Lipinski definition) is 2. The van der Waals surface area contributed by atoms with Crippen molar-refractivity contribution in [2.75, 3.05) is 37.7 Å². The third-order valence-corrected chi connectivity index (χ3v) is 9.73. The van der Waals surface area contributed by atoms with Gasteiger partial charge in [-0.15, -0.1) is 6.42 Å². The predicted octanol–water partition coefficient (Wildman–Crippen LogP) is 4.78. The number of anilines is 1. The van der Waals surface area contributed by atoms with Crippen molar-refractivity contribution in [3.05, 3.63) is 53.8 Å². The Hall–Kier alpha value is -4.00. The van der Waals surface area contributed by atoms with Crippen molar-refractivity contribution in [1.82, 2.24) is 20.2 Å². The number of benzene rings is 3. The second-order valence-electron chi connectivity index (χ2n) is 12.2. The summed E-state index contributed by atoms with van der Waals surface area (Å²) in [6.07, 6.45) is 8.23. The van der Waals surface area contributed by atoms with Crippen molar-refractivity contribution in [2.45, 2.75) is 49.5 Å². The van der Waals surface area contributed by atoms with Crippen molar-refractivity contribution in [1.29, 1.82) is 0 Å². The van der Waals surface area contributed by atoms with Gasteiger partial charge in [0.05, 0.1) is 5.54 Å². The molecule has 8 rings (SSSR count). The first-order valence-electron chi connectivity index (χ1n) is 14.7. The highest BCUT2D eigenvalue weighted by Gasteiger charge is 2.49. The molecule has 1 aromatic heterocycles. The molecule has 2 N–H and O–H groups in total. The van der Waals surface area contributed by atoms with E-state index in [9.17, 15) is 9.50 Å². The van der Waals surface area contributed by atoms with Gasteiger partial charge in [0, 0.05) is 60.0 Å². The molecule has 2 unspecified atom stereocenters. The Morgan fingerprint density at radius 3 is 2.88 bits per heavy atom. The van der Waals surface area contributed by atoms with E-state index < -0.39 is 12.0 Å². The summed E-state index contributed by atoms with van der Waals surface area (Å²) in [5.41, 5.74) is 1.15. The van der Waals surface area contributed by atoms with Gasteiger partial charge in [-0.3, -0.25) is 4.90 Å². The number of phenols is 1. The van der Waals surface area contributed by atoms with Crippen molar-refractivity contribution in [3.8, 4) is 35.2 Å². The molecular weight excluding hydrogens is 536 g/mol. The molecular formula is C33H31F2N5O2. The Kier molecular flexibility index (Phi) is 5.82. The van der Waals surface area contributed by atoms with Gasteiger partial charge in [-0.25, -0.2) is 8.78 Å². The minimum absolute atomic E-state index is 0.0160. The number of aromatic hydroxyl groups is 1. The maximum atomic E-state index is 16.7. The number of rotatable bonds is 5. The van der Waals surface area contributed by atoms with Gasteiger partial charge in [0.1, 0.15) is 29.9 Å². The molecule has 0 radical (unpaired) electrons. The van der Waals surface area contributed by atoms with Crippen LogP contribution in [0.2, 0.25) is 0 Å². The van der Waals surface area contributed by atoms with Crippen LogP contribution in [0.3, 0.4) is 0 Å². The molecule has 4 aliphatic rings. The van der Waals surface area contributed by atoms with Gasteiger partial charge in [0.25, 0.3) is 0 Å². The van der Waals surface area contributed by atoms with E-state index in [1.54, 1.807) is 24.3 Å². The molecule has 4 aromatic rings. The summed E-state index contributed by atoms with van der Waals surface area (Å²) < 4.78 is 37.4. The van der Waals surface area contributed by atoms with Crippen LogP contribution in [0.1, 0.15) is 31.2 Å². The summed E-state index contributed by atoms with van der Waals surface area (Å²) in [6, 6.07) is 12.9. The zero-order valence-electron chi connectivity index (χ0n) is 23.1. The molecule has 0 amide bonds. The SMILES string of the molecule is C#Cc1cccc2cc(O)cc(-c3ccc4c(N5CC6CC5CN6)nc(OC[C@@]56CCCN5C[C@H](F)C6)nc4c3F)c12. The summed E-state index contributed by atoms with van der Waals surface area (Å²) in [5, 5.41) is 16.1. The topological polar surface area (TPSA) is 73.8 Å². The summed E-state index contributed by atoms with van der Waals surface area (Å²) in [4.78, 5) is 13.9. The van der Waals surface area contributed by atoms with E-state index in [-0.39, 0.29) is 41.0 Å². The number of aromatic nitrogens is 2. The van der Waals surface area contributed by atoms with E-state index in [0.717, 1.165) is 44.3 Å². The van der Waals surface area contributed by atoms with Gasteiger partial charge >= 0.3 is 6.01 Å². The van der Waals surface area contributed by atoms with Gasteiger partial charge < -0.3 is 20.1 Å². The van der Waals surface area contributed by atoms with E-state index in [4.69, 9.17) is 16.1 Å². The molecule has 0 aliphatic carbocycles. The standard InChI is InChI=1S/C33H31F2N5O2/c1-2-19-5-3-6-20-11-24(41)13-27(28(19)20)25-7-8-26-30(29(25)35)37-32(38-31(26)40-17-22-12-23(40)15-36-22)42-18-33-9-4-10-39(33)16-21(34)14-33/h1,3,5-8,11,13,21-23,36,41H,4,9-10,12,14-18H2/t21-,22?,23?,33+/m1/s1. The number of alkyl halides is 1. The van der Waals surface area contributed by atoms with E-state index in [1.165, 1.54) is 0 Å². The van der Waals surface area contributed by atoms with E-state index >= 15 is 4.39 Å². The monoisotopic (exact) mass is 567 g/mol. The number of ether oxygens (including phenoxy) is 1. The summed E-state index contributed by atoms with van der Waals surface area (Å²) in [5.74, 6) is 2.83. The summed E-state index contributed by atoms with van der Waals surface area (Å²) >= 11 is 0. The summed E-state index contributed by atoms with van der Waals surface area (Å²) in [6.45, 7) is 3.14. The number of nitrogens with one attached hydrogen (secondary N) is 1. The molecule has 4 fully saturated rings. The molecule has 0 saturated carbocycles. The zero-order chi connectivity index (χ0) is 28.6. The summed E-state index contributed by atoms with van der Waals surface area (Å²) in [7, 11) is 0. The fourth-order valence-corrected chi connectivity index (χ4v) is 7.83. The zero-order valence-corrected chi connectivity index (χ0v) is 23.1. The first kappa shape index (κ1) is 25.7. The first-order valence-corrected chi connectivity index (χ1v) is 14.7. The largest absolute Gasteiger partial charge is 0.508 e. The molecule has 4 atom stereocenters. The third kappa shape index (κ3) is 3.92. The fraction of sp³-hybridized carbons (Fsp3) is 0.394. The Morgan fingerprint density at radius 1 is 1.17 bits per heavy atom. The van der Waals surface area contributed by atoms with Crippen LogP contribution < -0.4 is 15.0 Å². The number of fused-ring (bicyclic) bond motifs is 5. The lowest BCUT2D eigenvalue weighted by Crippen LogP contribution is -2.44. The highest BCUT2D eigenvalue weighted by atomic mass is 19.1. The van der Waals surface area contributed by atoms with Gasteiger partial charge in [0.2, 0.25) is 0 Å². The lowest BCUT2D eigenvalue weighted by Gasteiger charge is -2.32. The van der Waals surface area contributed by atoms with Crippen LogP contribution in [0.5, 0.6) is 11.8 Å². The van der Waals surface area contributed by atoms with E-state index in [1.807, 2.05) is 18.2 Å². The first-order chi connectivity index (χ1) is 20.4. The molecule has 0 spiro atoms. The fourth-order valence-electron chi connectivity index (χ4n) is 7.83. The van der Waals surface area contributed by atoms with E-state index in [2.05, 4.69) is 26.0 Å². The Balaban J connectivity index is 1.27. The molecule has 214 valence electrons. The second kappa shape index (κ2) is 9.51. The number of nitrogens with zero attached hydrogens (tertiary/aromatic N) is 4. The smallest absolute Gasteiger partial charge is 0.319 e.